The van der Waals surface area contributed by atoms with Crippen LogP contribution in [0.15, 0.2) is 12.2 Å². The van der Waals surface area contributed by atoms with Crippen LogP contribution in [0.4, 0.5) is 0 Å². The van der Waals surface area contributed by atoms with Gasteiger partial charge in [0.15, 0.2) is 0 Å². The molecule has 0 saturated carbocycles. The van der Waals surface area contributed by atoms with Crippen molar-refractivity contribution in [3.63, 3.8) is 0 Å². The first-order chi connectivity index (χ1) is 5.07. The van der Waals surface area contributed by atoms with Crippen LogP contribution < -0.4 is 0 Å². The van der Waals surface area contributed by atoms with Crippen molar-refractivity contribution >= 4 is 11.9 Å². The van der Waals surface area contributed by atoms with Crippen molar-refractivity contribution in [3.05, 3.63) is 12.2 Å². The molecule has 0 radical (unpaired) electrons. The van der Waals surface area contributed by atoms with E-state index in [4.69, 9.17) is 5.11 Å². The molecule has 0 aromatic heterocycles. The highest BCUT2D eigenvalue weighted by molar-refractivity contribution is 5.93. The molecule has 0 bridgehead atoms. The number of carboxylic acids is 1. The highest BCUT2D eigenvalue weighted by Gasteiger charge is 2.00. The lowest BCUT2D eigenvalue weighted by molar-refractivity contribution is -0.132. The van der Waals surface area contributed by atoms with Crippen LogP contribution in [0.1, 0.15) is 6.92 Å². The van der Waals surface area contributed by atoms with Crippen LogP contribution in [0.25, 0.3) is 0 Å². The summed E-state index contributed by atoms with van der Waals surface area (Å²) in [5.74, 6) is -1.40. The molecular weight excluding hydrogens is 146 g/mol. The van der Waals surface area contributed by atoms with Crippen molar-refractivity contribution in [1.29, 1.82) is 0 Å². The van der Waals surface area contributed by atoms with Crippen LogP contribution in [0, 0.1) is 0 Å². The zero-order valence-corrected chi connectivity index (χ0v) is 6.57. The molecule has 62 valence electrons. The molecule has 0 aliphatic heterocycles. The third-order valence-electron chi connectivity index (χ3n) is 1.22. The Morgan fingerprint density at radius 2 is 2.00 bits per heavy atom. The first kappa shape index (κ1) is 9.68. The average Bonchev–Trinajstić information content (AvgIpc) is 1.98. The fourth-order valence-electron chi connectivity index (χ4n) is 0.426. The summed E-state index contributed by atoms with van der Waals surface area (Å²) in [6, 6.07) is 0. The summed E-state index contributed by atoms with van der Waals surface area (Å²) in [5.41, 5.74) is 0. The molecule has 0 heterocycles. The molecule has 0 rings (SSSR count). The molecule has 4 nitrogen and oxygen atoms in total. The minimum atomic E-state index is -1.11. The fraction of sp³-hybridized carbons (Fsp3) is 0.429. The minimum absolute atomic E-state index is 0.296. The Balaban J connectivity index is 3.96. The van der Waals surface area contributed by atoms with Crippen molar-refractivity contribution in [3.8, 4) is 0 Å². The largest absolute Gasteiger partial charge is 0.478 e. The topological polar surface area (TPSA) is 57.6 Å². The van der Waals surface area contributed by atoms with Crippen molar-refractivity contribution < 1.29 is 14.7 Å². The summed E-state index contributed by atoms with van der Waals surface area (Å²) in [5, 5.41) is 8.16. The SMILES string of the molecule is CCN(C)C(=O)/C=C\C(=O)O. The van der Waals surface area contributed by atoms with E-state index < -0.39 is 5.97 Å². The number of likely N-dealkylation sites (N-methyl/N-ethyl adjacent to an activating group) is 1. The van der Waals surface area contributed by atoms with E-state index in [1.165, 1.54) is 4.90 Å². The molecule has 0 aromatic rings. The number of amides is 1. The van der Waals surface area contributed by atoms with E-state index in [0.717, 1.165) is 12.2 Å². The molecule has 0 spiro atoms. The van der Waals surface area contributed by atoms with Crippen LogP contribution in [-0.2, 0) is 9.59 Å². The van der Waals surface area contributed by atoms with E-state index in [-0.39, 0.29) is 5.91 Å². The van der Waals surface area contributed by atoms with Gasteiger partial charge in [-0.05, 0) is 6.92 Å². The fourth-order valence-corrected chi connectivity index (χ4v) is 0.426. The molecule has 0 saturated heterocycles. The predicted molar refractivity (Wildman–Crippen MR) is 40.1 cm³/mol. The van der Waals surface area contributed by atoms with E-state index in [1.807, 2.05) is 6.92 Å². The lowest BCUT2D eigenvalue weighted by atomic mass is 10.4. The number of carbonyl (C=O) groups excluding carboxylic acids is 1. The van der Waals surface area contributed by atoms with Gasteiger partial charge >= 0.3 is 5.97 Å². The summed E-state index contributed by atoms with van der Waals surface area (Å²) in [6.07, 6.45) is 1.86. The molecular formula is C7H11NO3. The zero-order chi connectivity index (χ0) is 8.85. The van der Waals surface area contributed by atoms with Gasteiger partial charge in [-0.15, -0.1) is 0 Å². The maximum Gasteiger partial charge on any atom is 0.328 e. The Morgan fingerprint density at radius 1 is 1.45 bits per heavy atom. The third-order valence-corrected chi connectivity index (χ3v) is 1.22. The molecule has 0 aliphatic carbocycles. The molecule has 0 unspecified atom stereocenters. The Hall–Kier alpha value is -1.32. The smallest absolute Gasteiger partial charge is 0.328 e. The van der Waals surface area contributed by atoms with Gasteiger partial charge in [-0.25, -0.2) is 4.79 Å². The molecule has 0 fully saturated rings. The Bertz CT molecular complexity index is 186. The van der Waals surface area contributed by atoms with Gasteiger partial charge in [-0.3, -0.25) is 4.79 Å². The first-order valence-electron chi connectivity index (χ1n) is 3.24. The number of hydrogen-bond acceptors (Lipinski definition) is 2. The number of aliphatic carboxylic acids is 1. The zero-order valence-electron chi connectivity index (χ0n) is 6.57. The Kier molecular flexibility index (Phi) is 3.95. The molecule has 11 heavy (non-hydrogen) atoms. The van der Waals surface area contributed by atoms with Gasteiger partial charge in [0.2, 0.25) is 5.91 Å². The summed E-state index contributed by atoms with van der Waals surface area (Å²) in [6.45, 7) is 2.38. The number of rotatable bonds is 3. The summed E-state index contributed by atoms with van der Waals surface area (Å²) < 4.78 is 0. The van der Waals surface area contributed by atoms with Gasteiger partial charge in [-0.2, -0.15) is 0 Å². The Labute approximate surface area is 65.1 Å². The lowest BCUT2D eigenvalue weighted by Crippen LogP contribution is -2.24. The number of hydrogen-bond donors (Lipinski definition) is 1. The number of nitrogens with zero attached hydrogens (tertiary/aromatic N) is 1. The molecule has 0 aromatic carbocycles. The van der Waals surface area contributed by atoms with Crippen LogP contribution in [-0.4, -0.2) is 35.5 Å². The van der Waals surface area contributed by atoms with Crippen molar-refractivity contribution in [2.75, 3.05) is 13.6 Å². The normalized spacial score (nSPS) is 10.0. The van der Waals surface area contributed by atoms with E-state index in [1.54, 1.807) is 7.05 Å². The molecule has 1 N–H and O–H groups in total. The van der Waals surface area contributed by atoms with Gasteiger partial charge in [0.1, 0.15) is 0 Å². The van der Waals surface area contributed by atoms with E-state index in [9.17, 15) is 9.59 Å². The second-order valence-electron chi connectivity index (χ2n) is 2.02. The minimum Gasteiger partial charge on any atom is -0.478 e. The second kappa shape index (κ2) is 4.49. The van der Waals surface area contributed by atoms with Gasteiger partial charge < -0.3 is 10.0 Å². The van der Waals surface area contributed by atoms with Crippen LogP contribution in [0.5, 0.6) is 0 Å². The molecule has 1 amide bonds. The van der Waals surface area contributed by atoms with Gasteiger partial charge in [0.25, 0.3) is 0 Å². The number of carboxylic acid groups (broad SMARTS) is 1. The second-order valence-corrected chi connectivity index (χ2v) is 2.02. The molecule has 0 aliphatic rings. The first-order valence-corrected chi connectivity index (χ1v) is 3.24. The number of carbonyl (C=O) groups is 2. The monoisotopic (exact) mass is 157 g/mol. The Morgan fingerprint density at radius 3 is 2.36 bits per heavy atom. The van der Waals surface area contributed by atoms with E-state index >= 15 is 0 Å². The molecule has 0 atom stereocenters. The maximum absolute atomic E-state index is 10.9. The summed E-state index contributed by atoms with van der Waals surface area (Å²) >= 11 is 0. The molecule has 4 heteroatoms. The third kappa shape index (κ3) is 4.13. The lowest BCUT2D eigenvalue weighted by Gasteiger charge is -2.10. The van der Waals surface area contributed by atoms with Crippen LogP contribution >= 0.6 is 0 Å². The highest BCUT2D eigenvalue weighted by atomic mass is 16.4. The van der Waals surface area contributed by atoms with E-state index in [2.05, 4.69) is 0 Å². The standard InChI is InChI=1S/C7H11NO3/c1-3-8(2)6(9)4-5-7(10)11/h4-5H,3H2,1-2H3,(H,10,11)/b5-4-. The summed E-state index contributed by atoms with van der Waals surface area (Å²) in [7, 11) is 1.61. The van der Waals surface area contributed by atoms with E-state index in [0.29, 0.717) is 6.54 Å². The summed E-state index contributed by atoms with van der Waals surface area (Å²) in [4.78, 5) is 22.2. The van der Waals surface area contributed by atoms with Gasteiger partial charge in [0, 0.05) is 25.7 Å². The van der Waals surface area contributed by atoms with Gasteiger partial charge in [0.05, 0.1) is 0 Å². The quantitative estimate of drug-likeness (QED) is 0.591. The van der Waals surface area contributed by atoms with Crippen molar-refractivity contribution in [1.82, 2.24) is 4.90 Å². The maximum atomic E-state index is 10.9. The van der Waals surface area contributed by atoms with Crippen LogP contribution in [0.3, 0.4) is 0 Å². The predicted octanol–water partition coefficient (Wildman–Crippen LogP) is 0.106. The van der Waals surface area contributed by atoms with Crippen LogP contribution in [0.2, 0.25) is 0 Å². The highest BCUT2D eigenvalue weighted by Crippen LogP contribution is 1.85. The van der Waals surface area contributed by atoms with Crippen molar-refractivity contribution in [2.24, 2.45) is 0 Å². The van der Waals surface area contributed by atoms with Gasteiger partial charge in [-0.1, -0.05) is 0 Å². The van der Waals surface area contributed by atoms with Crippen molar-refractivity contribution in [2.45, 2.75) is 6.92 Å². The average molecular weight is 157 g/mol.